The Labute approximate surface area is 144 Å². The molecule has 0 unspecified atom stereocenters. The van der Waals surface area contributed by atoms with Crippen molar-refractivity contribution in [2.45, 2.75) is 64.8 Å². The van der Waals surface area contributed by atoms with Crippen molar-refractivity contribution < 1.29 is 13.0 Å². The molecule has 0 aliphatic heterocycles. The highest BCUT2D eigenvalue weighted by atomic mass is 32.2. The average molecular weight is 353 g/mol. The Balaban J connectivity index is 2.49. The maximum absolute atomic E-state index is 11.1. The Hall–Kier alpha value is -1.73. The van der Waals surface area contributed by atoms with Gasteiger partial charge in [-0.05, 0) is 53.4 Å². The number of aromatic nitrogens is 3. The average Bonchev–Trinajstić information content (AvgIpc) is 2.93. The quantitative estimate of drug-likeness (QED) is 0.516. The largest absolute Gasteiger partial charge is 0.315 e. The van der Waals surface area contributed by atoms with Crippen LogP contribution >= 0.6 is 0 Å². The minimum atomic E-state index is -4.33. The Morgan fingerprint density at radius 2 is 1.62 bits per heavy atom. The van der Waals surface area contributed by atoms with Gasteiger partial charge >= 0.3 is 10.1 Å². The molecule has 0 atom stereocenters. The second-order valence-electron chi connectivity index (χ2n) is 6.23. The van der Waals surface area contributed by atoms with Crippen LogP contribution < -0.4 is 0 Å². The van der Waals surface area contributed by atoms with Crippen LogP contribution in [0.2, 0.25) is 0 Å². The molecule has 1 heterocycles. The predicted octanol–water partition coefficient (Wildman–Crippen LogP) is 4.01. The van der Waals surface area contributed by atoms with Gasteiger partial charge in [0.15, 0.2) is 0 Å². The molecule has 1 aromatic heterocycles. The molecule has 24 heavy (non-hydrogen) atoms. The third kappa shape index (κ3) is 7.70. The molecule has 0 aliphatic carbocycles. The number of nitrogens with one attached hydrogen (secondary N) is 1. The van der Waals surface area contributed by atoms with Crippen molar-refractivity contribution in [2.75, 3.05) is 0 Å². The minimum Gasteiger partial charge on any atom is -0.281 e. The maximum Gasteiger partial charge on any atom is 0.315 e. The molecule has 0 fully saturated rings. The fraction of sp³-hybridized carbons (Fsp3) is 0.529. The Kier molecular flexibility index (Phi) is 8.07. The van der Waals surface area contributed by atoms with Gasteiger partial charge in [-0.15, -0.1) is 5.10 Å². The molecule has 0 radical (unpaired) electrons. The summed E-state index contributed by atoms with van der Waals surface area (Å²) in [5, 5.41) is 8.95. The lowest BCUT2D eigenvalue weighted by Crippen LogP contribution is -2.02. The van der Waals surface area contributed by atoms with Crippen LogP contribution in [0.4, 0.5) is 0 Å². The van der Waals surface area contributed by atoms with Gasteiger partial charge in [0, 0.05) is 6.42 Å². The third-order valence-electron chi connectivity index (χ3n) is 3.61. The number of allylic oxidation sites excluding steroid dienone is 6. The van der Waals surface area contributed by atoms with Gasteiger partial charge in [0.2, 0.25) is 5.03 Å². The van der Waals surface area contributed by atoms with Crippen LogP contribution in [0.15, 0.2) is 40.0 Å². The standard InChI is InChI=1S/C17H27N3O3S/c1-13(2)7-5-8-14(3)9-6-10-15(4)11-12-16-17(19-20-18-16)24(21,22)23/h7,9,11H,5-6,8,10,12H2,1-4H3,(H,18,19,20)(H,21,22,23). The molecule has 0 aliphatic rings. The van der Waals surface area contributed by atoms with Crippen LogP contribution in [0.3, 0.4) is 0 Å². The molecule has 134 valence electrons. The van der Waals surface area contributed by atoms with Crippen molar-refractivity contribution in [1.29, 1.82) is 0 Å². The SMILES string of the molecule is CC(C)=CCCC(C)=CCCC(C)=CCc1[nH]nnc1S(=O)(=O)O. The van der Waals surface area contributed by atoms with E-state index in [0.717, 1.165) is 31.3 Å². The number of rotatable bonds is 9. The van der Waals surface area contributed by atoms with Crippen LogP contribution in [-0.4, -0.2) is 28.4 Å². The van der Waals surface area contributed by atoms with E-state index in [9.17, 15) is 8.42 Å². The predicted molar refractivity (Wildman–Crippen MR) is 95.3 cm³/mol. The molecule has 0 saturated carbocycles. The molecular formula is C17H27N3O3S. The number of aromatic amines is 1. The zero-order valence-electron chi connectivity index (χ0n) is 14.8. The fourth-order valence-electron chi connectivity index (χ4n) is 2.19. The zero-order valence-corrected chi connectivity index (χ0v) is 15.7. The van der Waals surface area contributed by atoms with E-state index in [1.807, 2.05) is 13.0 Å². The first-order valence-electron chi connectivity index (χ1n) is 8.02. The zero-order chi connectivity index (χ0) is 18.2. The molecule has 7 heteroatoms. The maximum atomic E-state index is 11.1. The highest BCUT2D eigenvalue weighted by molar-refractivity contribution is 7.85. The van der Waals surface area contributed by atoms with Gasteiger partial charge in [-0.2, -0.15) is 8.42 Å². The van der Waals surface area contributed by atoms with Crippen LogP contribution in [0.5, 0.6) is 0 Å². The van der Waals surface area contributed by atoms with Crippen molar-refractivity contribution in [3.63, 3.8) is 0 Å². The van der Waals surface area contributed by atoms with E-state index in [1.54, 1.807) is 0 Å². The summed E-state index contributed by atoms with van der Waals surface area (Å²) in [6.45, 7) is 8.36. The van der Waals surface area contributed by atoms with Gasteiger partial charge in [-0.3, -0.25) is 9.65 Å². The summed E-state index contributed by atoms with van der Waals surface area (Å²) in [5.41, 5.74) is 4.18. The van der Waals surface area contributed by atoms with Crippen LogP contribution in [0, 0.1) is 0 Å². The molecule has 0 saturated heterocycles. The molecule has 0 spiro atoms. The third-order valence-corrected chi connectivity index (χ3v) is 4.42. The second-order valence-corrected chi connectivity index (χ2v) is 7.57. The van der Waals surface area contributed by atoms with Gasteiger partial charge in [0.1, 0.15) is 0 Å². The Morgan fingerprint density at radius 3 is 2.21 bits per heavy atom. The molecule has 2 N–H and O–H groups in total. The van der Waals surface area contributed by atoms with Crippen LogP contribution in [-0.2, 0) is 16.5 Å². The van der Waals surface area contributed by atoms with E-state index in [1.165, 1.54) is 11.1 Å². The number of H-pyrrole nitrogens is 1. The van der Waals surface area contributed by atoms with E-state index in [4.69, 9.17) is 4.55 Å². The summed E-state index contributed by atoms with van der Waals surface area (Å²) in [7, 11) is -4.33. The molecule has 0 aromatic carbocycles. The lowest BCUT2D eigenvalue weighted by Gasteiger charge is -2.02. The summed E-state index contributed by atoms with van der Waals surface area (Å²) in [5.74, 6) is 0. The summed E-state index contributed by atoms with van der Waals surface area (Å²) >= 11 is 0. The fourth-order valence-corrected chi connectivity index (χ4v) is 2.78. The normalized spacial score (nSPS) is 13.2. The molecule has 1 aromatic rings. The van der Waals surface area contributed by atoms with Crippen molar-refractivity contribution in [1.82, 2.24) is 15.4 Å². The summed E-state index contributed by atoms with van der Waals surface area (Å²) < 4.78 is 31.3. The van der Waals surface area contributed by atoms with Gasteiger partial charge in [-0.1, -0.05) is 40.2 Å². The number of hydrogen-bond acceptors (Lipinski definition) is 4. The van der Waals surface area contributed by atoms with Gasteiger partial charge in [0.25, 0.3) is 0 Å². The van der Waals surface area contributed by atoms with Crippen LogP contribution in [0.25, 0.3) is 0 Å². The highest BCUT2D eigenvalue weighted by Crippen LogP contribution is 2.14. The Bertz CT molecular complexity index is 724. The molecule has 0 bridgehead atoms. The van der Waals surface area contributed by atoms with Crippen molar-refractivity contribution in [3.05, 3.63) is 40.6 Å². The van der Waals surface area contributed by atoms with E-state index < -0.39 is 15.1 Å². The first kappa shape index (κ1) is 20.3. The van der Waals surface area contributed by atoms with E-state index >= 15 is 0 Å². The number of hydrogen-bond donors (Lipinski definition) is 2. The van der Waals surface area contributed by atoms with Crippen molar-refractivity contribution >= 4 is 10.1 Å². The minimum absolute atomic E-state index is 0.297. The lowest BCUT2D eigenvalue weighted by atomic mass is 10.1. The van der Waals surface area contributed by atoms with E-state index in [-0.39, 0.29) is 0 Å². The van der Waals surface area contributed by atoms with Crippen molar-refractivity contribution in [3.8, 4) is 0 Å². The van der Waals surface area contributed by atoms with Gasteiger partial charge in [0.05, 0.1) is 5.69 Å². The highest BCUT2D eigenvalue weighted by Gasteiger charge is 2.18. The summed E-state index contributed by atoms with van der Waals surface area (Å²) in [6, 6.07) is 0. The first-order valence-corrected chi connectivity index (χ1v) is 9.46. The van der Waals surface area contributed by atoms with Crippen LogP contribution in [0.1, 0.15) is 59.1 Å². The summed E-state index contributed by atoms with van der Waals surface area (Å²) in [6.07, 6.45) is 10.8. The number of nitrogens with zero attached hydrogens (tertiary/aromatic N) is 2. The van der Waals surface area contributed by atoms with Crippen molar-refractivity contribution in [2.24, 2.45) is 0 Å². The van der Waals surface area contributed by atoms with Gasteiger partial charge in [-0.25, -0.2) is 0 Å². The lowest BCUT2D eigenvalue weighted by molar-refractivity contribution is 0.478. The monoisotopic (exact) mass is 353 g/mol. The molecule has 6 nitrogen and oxygen atoms in total. The Morgan fingerprint density at radius 1 is 1.04 bits per heavy atom. The first-order chi connectivity index (χ1) is 11.2. The molecular weight excluding hydrogens is 326 g/mol. The van der Waals surface area contributed by atoms with Gasteiger partial charge < -0.3 is 0 Å². The van der Waals surface area contributed by atoms with E-state index in [2.05, 4.69) is 48.3 Å². The van der Waals surface area contributed by atoms with E-state index in [0.29, 0.717) is 12.1 Å². The smallest absolute Gasteiger partial charge is 0.281 e. The summed E-state index contributed by atoms with van der Waals surface area (Å²) in [4.78, 5) is 0. The second kappa shape index (κ2) is 9.54. The molecule has 1 rings (SSSR count). The molecule has 0 amide bonds. The topological polar surface area (TPSA) is 95.9 Å².